The summed E-state index contributed by atoms with van der Waals surface area (Å²) in [5.74, 6) is 0. The van der Waals surface area contributed by atoms with Gasteiger partial charge in [-0.25, -0.2) is 4.98 Å². The van der Waals surface area contributed by atoms with Crippen molar-refractivity contribution in [1.82, 2.24) is 14.7 Å². The second kappa shape index (κ2) is 1.70. The summed E-state index contributed by atoms with van der Waals surface area (Å²) in [4.78, 5) is 7.67. The summed E-state index contributed by atoms with van der Waals surface area (Å²) in [6.07, 6.45) is 4.55. The molecule has 4 heteroatoms. The first-order valence-electron chi connectivity index (χ1n) is 2.84. The SMILES string of the molecule is On1cncc2nccc1-2. The van der Waals surface area contributed by atoms with Gasteiger partial charge in [0.2, 0.25) is 0 Å². The van der Waals surface area contributed by atoms with Crippen molar-refractivity contribution in [3.8, 4) is 11.4 Å². The van der Waals surface area contributed by atoms with Gasteiger partial charge >= 0.3 is 0 Å². The smallest absolute Gasteiger partial charge is 0.132 e. The van der Waals surface area contributed by atoms with Crippen molar-refractivity contribution >= 4 is 0 Å². The van der Waals surface area contributed by atoms with Crippen molar-refractivity contribution < 1.29 is 5.21 Å². The van der Waals surface area contributed by atoms with Crippen LogP contribution in [0.4, 0.5) is 0 Å². The fraction of sp³-hybridized carbons (Fsp3) is 0. The number of nitrogens with zero attached hydrogens (tertiary/aromatic N) is 3. The Morgan fingerprint density at radius 1 is 1.50 bits per heavy atom. The quantitative estimate of drug-likeness (QED) is 0.539. The van der Waals surface area contributed by atoms with Gasteiger partial charge in [-0.1, -0.05) is 0 Å². The Kier molecular flexibility index (Phi) is 0.887. The molecule has 2 aliphatic rings. The van der Waals surface area contributed by atoms with Crippen molar-refractivity contribution in [2.24, 2.45) is 0 Å². The third-order valence-corrected chi connectivity index (χ3v) is 1.33. The lowest BCUT2D eigenvalue weighted by Gasteiger charge is -2.00. The van der Waals surface area contributed by atoms with E-state index < -0.39 is 0 Å². The highest BCUT2D eigenvalue weighted by Gasteiger charge is 2.05. The van der Waals surface area contributed by atoms with Crippen molar-refractivity contribution in [2.75, 3.05) is 0 Å². The molecule has 0 spiro atoms. The first-order valence-corrected chi connectivity index (χ1v) is 2.84. The molecule has 0 fully saturated rings. The van der Waals surface area contributed by atoms with Gasteiger partial charge in [-0.05, 0) is 6.07 Å². The van der Waals surface area contributed by atoms with E-state index in [4.69, 9.17) is 5.21 Å². The number of hydrogen-bond acceptors (Lipinski definition) is 3. The average Bonchev–Trinajstić information content (AvgIpc) is 2.36. The van der Waals surface area contributed by atoms with Crippen LogP contribution in [0.15, 0.2) is 24.8 Å². The molecule has 0 amide bonds. The van der Waals surface area contributed by atoms with E-state index in [0.717, 1.165) is 4.73 Å². The fourth-order valence-corrected chi connectivity index (χ4v) is 0.862. The van der Waals surface area contributed by atoms with Crippen LogP contribution in [0.3, 0.4) is 0 Å². The first-order chi connectivity index (χ1) is 4.88. The normalized spacial score (nSPS) is 10.4. The lowest BCUT2D eigenvalue weighted by atomic mass is 10.3. The predicted molar refractivity (Wildman–Crippen MR) is 33.8 cm³/mol. The summed E-state index contributed by atoms with van der Waals surface area (Å²) in [5, 5.41) is 9.07. The number of aromatic nitrogens is 3. The molecular weight excluding hydrogens is 130 g/mol. The minimum Gasteiger partial charge on any atom is -0.427 e. The molecule has 0 radical (unpaired) electrons. The summed E-state index contributed by atoms with van der Waals surface area (Å²) in [7, 11) is 0. The van der Waals surface area contributed by atoms with E-state index in [2.05, 4.69) is 9.97 Å². The van der Waals surface area contributed by atoms with Crippen LogP contribution in [0.5, 0.6) is 0 Å². The molecule has 4 nitrogen and oxygen atoms in total. The van der Waals surface area contributed by atoms with Crippen LogP contribution in [-0.2, 0) is 0 Å². The van der Waals surface area contributed by atoms with Crippen LogP contribution < -0.4 is 0 Å². The van der Waals surface area contributed by atoms with E-state index in [1.807, 2.05) is 0 Å². The van der Waals surface area contributed by atoms with Crippen LogP contribution in [-0.4, -0.2) is 19.9 Å². The maximum Gasteiger partial charge on any atom is 0.132 e. The molecule has 0 saturated carbocycles. The Labute approximate surface area is 57.1 Å². The number of fused-ring (bicyclic) bond motifs is 1. The number of rotatable bonds is 0. The third kappa shape index (κ3) is 0.556. The van der Waals surface area contributed by atoms with Gasteiger partial charge in [-0.2, -0.15) is 4.73 Å². The lowest BCUT2D eigenvalue weighted by Crippen LogP contribution is -1.97. The maximum absolute atomic E-state index is 9.07. The molecule has 0 aliphatic carbocycles. The highest BCUT2D eigenvalue weighted by molar-refractivity contribution is 5.54. The van der Waals surface area contributed by atoms with Gasteiger partial charge in [0.15, 0.2) is 0 Å². The zero-order chi connectivity index (χ0) is 6.97. The Morgan fingerprint density at radius 2 is 2.40 bits per heavy atom. The van der Waals surface area contributed by atoms with Crippen molar-refractivity contribution in [3.63, 3.8) is 0 Å². The molecule has 1 N–H and O–H groups in total. The molecule has 2 aliphatic heterocycles. The Balaban J connectivity index is 2.80. The zero-order valence-corrected chi connectivity index (χ0v) is 5.10. The van der Waals surface area contributed by atoms with Crippen LogP contribution in [0.2, 0.25) is 0 Å². The summed E-state index contributed by atoms with van der Waals surface area (Å²) in [5.41, 5.74) is 1.38. The third-order valence-electron chi connectivity index (χ3n) is 1.33. The van der Waals surface area contributed by atoms with E-state index in [1.54, 1.807) is 18.5 Å². The fourth-order valence-electron chi connectivity index (χ4n) is 0.862. The standard InChI is InChI=1S/C6H5N3O/c10-9-4-7-3-5-6(9)1-2-8-5/h1-4,10H. The van der Waals surface area contributed by atoms with Gasteiger partial charge in [-0.15, -0.1) is 0 Å². The van der Waals surface area contributed by atoms with Gasteiger partial charge in [0.05, 0.1) is 6.20 Å². The monoisotopic (exact) mass is 135 g/mol. The lowest BCUT2D eigenvalue weighted by molar-refractivity contribution is 0.185. The summed E-state index contributed by atoms with van der Waals surface area (Å²) >= 11 is 0. The summed E-state index contributed by atoms with van der Waals surface area (Å²) in [6, 6.07) is 1.72. The minimum absolute atomic E-state index is 0.676. The summed E-state index contributed by atoms with van der Waals surface area (Å²) in [6.45, 7) is 0. The molecule has 10 heavy (non-hydrogen) atoms. The van der Waals surface area contributed by atoms with Crippen LogP contribution in [0.25, 0.3) is 11.4 Å². The van der Waals surface area contributed by atoms with Crippen molar-refractivity contribution in [3.05, 3.63) is 24.8 Å². The van der Waals surface area contributed by atoms with Crippen LogP contribution in [0, 0.1) is 0 Å². The van der Waals surface area contributed by atoms with E-state index in [9.17, 15) is 0 Å². The maximum atomic E-state index is 9.07. The van der Waals surface area contributed by atoms with E-state index >= 15 is 0 Å². The van der Waals surface area contributed by atoms with E-state index in [0.29, 0.717) is 11.4 Å². The topological polar surface area (TPSA) is 50.9 Å². The molecular formula is C6H5N3O. The molecule has 0 aromatic carbocycles. The largest absolute Gasteiger partial charge is 0.427 e. The molecule has 0 aromatic rings. The molecule has 0 aromatic heterocycles. The molecule has 0 atom stereocenters. The van der Waals surface area contributed by atoms with Gasteiger partial charge < -0.3 is 5.21 Å². The van der Waals surface area contributed by atoms with Gasteiger partial charge in [0.25, 0.3) is 0 Å². The van der Waals surface area contributed by atoms with Crippen molar-refractivity contribution in [2.45, 2.75) is 0 Å². The van der Waals surface area contributed by atoms with E-state index in [-0.39, 0.29) is 0 Å². The highest BCUT2D eigenvalue weighted by atomic mass is 16.5. The molecule has 2 rings (SSSR count). The average molecular weight is 135 g/mol. The van der Waals surface area contributed by atoms with Crippen molar-refractivity contribution in [1.29, 1.82) is 0 Å². The molecule has 0 unspecified atom stereocenters. The second-order valence-electron chi connectivity index (χ2n) is 1.95. The Hall–Kier alpha value is -1.58. The Morgan fingerprint density at radius 3 is 3.20 bits per heavy atom. The molecule has 50 valence electrons. The van der Waals surface area contributed by atoms with Gasteiger partial charge in [-0.3, -0.25) is 4.98 Å². The minimum atomic E-state index is 0.676. The predicted octanol–water partition coefficient (Wildman–Crippen LogP) is 0.620. The number of hydrogen-bond donors (Lipinski definition) is 1. The second-order valence-corrected chi connectivity index (χ2v) is 1.95. The first kappa shape index (κ1) is 5.22. The highest BCUT2D eigenvalue weighted by Crippen LogP contribution is 2.15. The van der Waals surface area contributed by atoms with Gasteiger partial charge in [0, 0.05) is 6.20 Å². The van der Waals surface area contributed by atoms with Crippen LogP contribution >= 0.6 is 0 Å². The van der Waals surface area contributed by atoms with E-state index in [1.165, 1.54) is 6.33 Å². The Bertz CT molecular complexity index is 317. The molecule has 2 heterocycles. The van der Waals surface area contributed by atoms with Gasteiger partial charge in [0.1, 0.15) is 17.7 Å². The molecule has 0 bridgehead atoms. The summed E-state index contributed by atoms with van der Waals surface area (Å²) < 4.78 is 0.947. The van der Waals surface area contributed by atoms with Crippen LogP contribution in [0.1, 0.15) is 0 Å². The zero-order valence-electron chi connectivity index (χ0n) is 5.10. The molecule has 0 saturated heterocycles.